The highest BCUT2D eigenvalue weighted by Crippen LogP contribution is 2.40. The maximum atomic E-state index is 5.80. The highest BCUT2D eigenvalue weighted by atomic mass is 16.5. The lowest BCUT2D eigenvalue weighted by molar-refractivity contribution is 0.138. The Morgan fingerprint density at radius 2 is 2.27 bits per heavy atom. The number of fused-ring (bicyclic) bond motifs is 1. The molecule has 3 nitrogen and oxygen atoms in total. The Labute approximate surface area is 90.2 Å². The maximum absolute atomic E-state index is 5.80. The molecule has 0 amide bonds. The Bertz CT molecular complexity index is 361. The van der Waals surface area contributed by atoms with Crippen LogP contribution in [0.5, 0.6) is 11.5 Å². The Balaban J connectivity index is 2.25. The second-order valence-electron chi connectivity index (χ2n) is 4.41. The second-order valence-corrected chi connectivity index (χ2v) is 4.41. The fourth-order valence-electron chi connectivity index (χ4n) is 1.88. The molecule has 1 aliphatic rings. The predicted molar refractivity (Wildman–Crippen MR) is 59.4 cm³/mol. The molecule has 1 aliphatic heterocycles. The molecule has 0 unspecified atom stereocenters. The Kier molecular flexibility index (Phi) is 2.57. The van der Waals surface area contributed by atoms with Gasteiger partial charge in [0.05, 0.1) is 0 Å². The third-order valence-electron chi connectivity index (χ3n) is 2.45. The minimum Gasteiger partial charge on any atom is -0.492 e. The van der Waals surface area contributed by atoms with E-state index in [9.17, 15) is 0 Å². The molecule has 0 atom stereocenters. The molecule has 0 fully saturated rings. The first-order valence-corrected chi connectivity index (χ1v) is 5.26. The molecule has 1 heterocycles. The number of hydrogen-bond acceptors (Lipinski definition) is 3. The maximum Gasteiger partial charge on any atom is 0.127 e. The first kappa shape index (κ1) is 10.3. The van der Waals surface area contributed by atoms with Crippen LogP contribution in [0.15, 0.2) is 18.2 Å². The summed E-state index contributed by atoms with van der Waals surface area (Å²) in [6.45, 7) is 5.25. The molecule has 0 bridgehead atoms. The van der Waals surface area contributed by atoms with Crippen LogP contribution in [0.25, 0.3) is 0 Å². The van der Waals surface area contributed by atoms with Crippen molar-refractivity contribution < 1.29 is 9.47 Å². The van der Waals surface area contributed by atoms with E-state index in [1.807, 2.05) is 18.2 Å². The van der Waals surface area contributed by atoms with Gasteiger partial charge < -0.3 is 15.2 Å². The van der Waals surface area contributed by atoms with E-state index in [2.05, 4.69) is 13.8 Å². The number of ether oxygens (including phenoxy) is 2. The van der Waals surface area contributed by atoms with Gasteiger partial charge in [-0.15, -0.1) is 0 Å². The van der Waals surface area contributed by atoms with E-state index in [-0.39, 0.29) is 5.60 Å². The summed E-state index contributed by atoms with van der Waals surface area (Å²) in [7, 11) is 0. The monoisotopic (exact) mass is 207 g/mol. The predicted octanol–water partition coefficient (Wildman–Crippen LogP) is 1.74. The van der Waals surface area contributed by atoms with Gasteiger partial charge in [0.25, 0.3) is 0 Å². The van der Waals surface area contributed by atoms with Gasteiger partial charge in [-0.3, -0.25) is 0 Å². The van der Waals surface area contributed by atoms with E-state index in [1.165, 1.54) is 0 Å². The van der Waals surface area contributed by atoms with Crippen molar-refractivity contribution in [1.29, 1.82) is 0 Å². The third kappa shape index (κ3) is 2.07. The van der Waals surface area contributed by atoms with Crippen LogP contribution in [0, 0.1) is 0 Å². The van der Waals surface area contributed by atoms with Crippen molar-refractivity contribution in [2.75, 3.05) is 13.2 Å². The SMILES string of the molecule is CC1(C)Cc2c(OCCN)cccc2O1. The van der Waals surface area contributed by atoms with E-state index in [0.29, 0.717) is 13.2 Å². The largest absolute Gasteiger partial charge is 0.492 e. The molecular formula is C12H17NO2. The zero-order valence-electron chi connectivity index (χ0n) is 9.25. The van der Waals surface area contributed by atoms with Gasteiger partial charge >= 0.3 is 0 Å². The van der Waals surface area contributed by atoms with Crippen LogP contribution in [0.2, 0.25) is 0 Å². The van der Waals surface area contributed by atoms with Crippen LogP contribution in [0.3, 0.4) is 0 Å². The van der Waals surface area contributed by atoms with Crippen LogP contribution in [-0.4, -0.2) is 18.8 Å². The smallest absolute Gasteiger partial charge is 0.127 e. The lowest BCUT2D eigenvalue weighted by atomic mass is 10.0. The van der Waals surface area contributed by atoms with Gasteiger partial charge in [0.1, 0.15) is 23.7 Å². The van der Waals surface area contributed by atoms with E-state index >= 15 is 0 Å². The number of hydrogen-bond donors (Lipinski definition) is 1. The molecule has 1 aromatic carbocycles. The van der Waals surface area contributed by atoms with Gasteiger partial charge in [-0.2, -0.15) is 0 Å². The van der Waals surface area contributed by atoms with E-state index in [4.69, 9.17) is 15.2 Å². The quantitative estimate of drug-likeness (QED) is 0.821. The molecule has 0 spiro atoms. The molecule has 0 aliphatic carbocycles. The lowest BCUT2D eigenvalue weighted by Crippen LogP contribution is -2.24. The summed E-state index contributed by atoms with van der Waals surface area (Å²) in [5.41, 5.74) is 6.46. The van der Waals surface area contributed by atoms with E-state index in [1.54, 1.807) is 0 Å². The minimum atomic E-state index is -0.121. The summed E-state index contributed by atoms with van der Waals surface area (Å²) in [5.74, 6) is 1.85. The van der Waals surface area contributed by atoms with Gasteiger partial charge in [-0.25, -0.2) is 0 Å². The highest BCUT2D eigenvalue weighted by Gasteiger charge is 2.32. The van der Waals surface area contributed by atoms with Crippen LogP contribution in [-0.2, 0) is 6.42 Å². The zero-order chi connectivity index (χ0) is 10.9. The molecule has 0 radical (unpaired) electrons. The summed E-state index contributed by atoms with van der Waals surface area (Å²) < 4.78 is 11.4. The molecular weight excluding hydrogens is 190 g/mol. The lowest BCUT2D eigenvalue weighted by Gasteiger charge is -2.16. The average molecular weight is 207 g/mol. The van der Waals surface area contributed by atoms with Gasteiger partial charge in [0.2, 0.25) is 0 Å². The molecule has 0 aromatic heterocycles. The second kappa shape index (κ2) is 3.74. The molecule has 0 saturated carbocycles. The van der Waals surface area contributed by atoms with Gasteiger partial charge in [-0.05, 0) is 26.0 Å². The summed E-state index contributed by atoms with van der Waals surface area (Å²) in [6.07, 6.45) is 0.892. The normalized spacial score (nSPS) is 17.0. The standard InChI is InChI=1S/C12H17NO2/c1-12(2)8-9-10(14-7-6-13)4-3-5-11(9)15-12/h3-5H,6-8,13H2,1-2H3. The fraction of sp³-hybridized carbons (Fsp3) is 0.500. The van der Waals surface area contributed by atoms with Crippen LogP contribution >= 0.6 is 0 Å². The van der Waals surface area contributed by atoms with Crippen molar-refractivity contribution in [1.82, 2.24) is 0 Å². The van der Waals surface area contributed by atoms with Gasteiger partial charge in [-0.1, -0.05) is 6.07 Å². The first-order chi connectivity index (χ1) is 7.12. The van der Waals surface area contributed by atoms with Crippen molar-refractivity contribution >= 4 is 0 Å². The fourth-order valence-corrected chi connectivity index (χ4v) is 1.88. The van der Waals surface area contributed by atoms with Crippen molar-refractivity contribution in [2.45, 2.75) is 25.9 Å². The topological polar surface area (TPSA) is 44.5 Å². The number of benzene rings is 1. The van der Waals surface area contributed by atoms with Crippen LogP contribution in [0.1, 0.15) is 19.4 Å². The summed E-state index contributed by atoms with van der Waals surface area (Å²) >= 11 is 0. The first-order valence-electron chi connectivity index (χ1n) is 5.26. The van der Waals surface area contributed by atoms with Crippen molar-refractivity contribution in [3.63, 3.8) is 0 Å². The summed E-state index contributed by atoms with van der Waals surface area (Å²) in [6, 6.07) is 5.91. The van der Waals surface area contributed by atoms with Crippen LogP contribution in [0.4, 0.5) is 0 Å². The average Bonchev–Trinajstić information content (AvgIpc) is 2.49. The summed E-state index contributed by atoms with van der Waals surface area (Å²) in [4.78, 5) is 0. The molecule has 15 heavy (non-hydrogen) atoms. The Morgan fingerprint density at radius 1 is 1.47 bits per heavy atom. The van der Waals surface area contributed by atoms with Crippen molar-refractivity contribution in [3.8, 4) is 11.5 Å². The highest BCUT2D eigenvalue weighted by molar-refractivity contribution is 5.48. The Morgan fingerprint density at radius 3 is 3.00 bits per heavy atom. The molecule has 82 valence electrons. The molecule has 2 rings (SSSR count). The molecule has 1 aromatic rings. The van der Waals surface area contributed by atoms with Crippen molar-refractivity contribution in [2.24, 2.45) is 5.73 Å². The van der Waals surface area contributed by atoms with Crippen LogP contribution < -0.4 is 15.2 Å². The number of nitrogens with two attached hydrogens (primary N) is 1. The van der Waals surface area contributed by atoms with E-state index in [0.717, 1.165) is 23.5 Å². The zero-order valence-corrected chi connectivity index (χ0v) is 9.25. The molecule has 0 saturated heterocycles. The minimum absolute atomic E-state index is 0.121. The number of rotatable bonds is 3. The molecule has 3 heteroatoms. The summed E-state index contributed by atoms with van der Waals surface area (Å²) in [5, 5.41) is 0. The van der Waals surface area contributed by atoms with Gasteiger partial charge in [0.15, 0.2) is 0 Å². The molecule has 2 N–H and O–H groups in total. The third-order valence-corrected chi connectivity index (χ3v) is 2.45. The Hall–Kier alpha value is -1.22. The van der Waals surface area contributed by atoms with E-state index < -0.39 is 0 Å². The van der Waals surface area contributed by atoms with Gasteiger partial charge in [0, 0.05) is 18.5 Å². The van der Waals surface area contributed by atoms with Crippen molar-refractivity contribution in [3.05, 3.63) is 23.8 Å².